The highest BCUT2D eigenvalue weighted by molar-refractivity contribution is 6.30. The molecule has 1 aromatic rings. The van der Waals surface area contributed by atoms with Crippen molar-refractivity contribution in [2.45, 2.75) is 6.54 Å². The zero-order valence-electron chi connectivity index (χ0n) is 8.96. The van der Waals surface area contributed by atoms with Crippen molar-refractivity contribution in [3.63, 3.8) is 0 Å². The number of benzene rings is 1. The van der Waals surface area contributed by atoms with Crippen LogP contribution in [0.5, 0.6) is 0 Å². The highest BCUT2D eigenvalue weighted by atomic mass is 35.5. The number of carbonyl (C=O) groups excluding carboxylic acids is 1. The Labute approximate surface area is 95.0 Å². The lowest BCUT2D eigenvalue weighted by Crippen LogP contribution is -2.32. The number of nitrogens with zero attached hydrogens (tertiary/aromatic N) is 1. The van der Waals surface area contributed by atoms with E-state index in [1.165, 1.54) is 0 Å². The summed E-state index contributed by atoms with van der Waals surface area (Å²) in [4.78, 5) is 12.8. The van der Waals surface area contributed by atoms with Crippen LogP contribution >= 0.6 is 11.6 Å². The standard InChI is InChI=1S/C11H15ClN2O/c1-14(2)11(15)8-13-7-9-3-5-10(12)6-4-9/h3-6,13H,7-8H2,1-2H3. The third-order valence-electron chi connectivity index (χ3n) is 2.02. The van der Waals surface area contributed by atoms with Gasteiger partial charge in [-0.15, -0.1) is 0 Å². The Bertz CT molecular complexity index is 322. The highest BCUT2D eigenvalue weighted by Crippen LogP contribution is 2.08. The molecule has 0 atom stereocenters. The minimum Gasteiger partial charge on any atom is -0.348 e. The van der Waals surface area contributed by atoms with Crippen molar-refractivity contribution in [3.05, 3.63) is 34.9 Å². The molecule has 0 saturated carbocycles. The molecule has 0 aliphatic heterocycles. The molecule has 0 spiro atoms. The Kier molecular flexibility index (Phi) is 4.59. The van der Waals surface area contributed by atoms with Crippen molar-refractivity contribution < 1.29 is 4.79 Å². The topological polar surface area (TPSA) is 32.3 Å². The molecular weight excluding hydrogens is 212 g/mol. The van der Waals surface area contributed by atoms with Crippen LogP contribution in [0.1, 0.15) is 5.56 Å². The number of halogens is 1. The molecule has 1 amide bonds. The zero-order valence-corrected chi connectivity index (χ0v) is 9.71. The number of nitrogens with one attached hydrogen (secondary N) is 1. The summed E-state index contributed by atoms with van der Waals surface area (Å²) in [7, 11) is 3.48. The van der Waals surface area contributed by atoms with Crippen LogP contribution in [0.25, 0.3) is 0 Å². The summed E-state index contributed by atoms with van der Waals surface area (Å²) in [6, 6.07) is 7.56. The Morgan fingerprint density at radius 1 is 1.33 bits per heavy atom. The second-order valence-electron chi connectivity index (χ2n) is 3.52. The van der Waals surface area contributed by atoms with Crippen LogP contribution in [-0.2, 0) is 11.3 Å². The highest BCUT2D eigenvalue weighted by Gasteiger charge is 2.02. The predicted octanol–water partition coefficient (Wildman–Crippen LogP) is 1.52. The van der Waals surface area contributed by atoms with Crippen LogP contribution in [-0.4, -0.2) is 31.4 Å². The van der Waals surface area contributed by atoms with Gasteiger partial charge >= 0.3 is 0 Å². The molecular formula is C11H15ClN2O. The van der Waals surface area contributed by atoms with E-state index < -0.39 is 0 Å². The van der Waals surface area contributed by atoms with E-state index in [0.717, 1.165) is 10.6 Å². The first-order valence-corrected chi connectivity index (χ1v) is 5.12. The molecule has 1 N–H and O–H groups in total. The van der Waals surface area contributed by atoms with Crippen molar-refractivity contribution in [1.29, 1.82) is 0 Å². The van der Waals surface area contributed by atoms with Gasteiger partial charge in [-0.1, -0.05) is 23.7 Å². The summed E-state index contributed by atoms with van der Waals surface area (Å²) < 4.78 is 0. The van der Waals surface area contributed by atoms with Gasteiger partial charge in [0.25, 0.3) is 0 Å². The Morgan fingerprint density at radius 2 is 1.93 bits per heavy atom. The Balaban J connectivity index is 2.32. The van der Waals surface area contributed by atoms with Gasteiger partial charge in [-0.05, 0) is 17.7 Å². The van der Waals surface area contributed by atoms with E-state index in [1.54, 1.807) is 19.0 Å². The van der Waals surface area contributed by atoms with Gasteiger partial charge in [0.05, 0.1) is 6.54 Å². The lowest BCUT2D eigenvalue weighted by Gasteiger charge is -2.10. The lowest BCUT2D eigenvalue weighted by molar-refractivity contribution is -0.127. The number of carbonyl (C=O) groups is 1. The number of hydrogen-bond acceptors (Lipinski definition) is 2. The molecule has 0 heterocycles. The second-order valence-corrected chi connectivity index (χ2v) is 3.95. The maximum Gasteiger partial charge on any atom is 0.236 e. The zero-order chi connectivity index (χ0) is 11.3. The van der Waals surface area contributed by atoms with Crippen molar-refractivity contribution >= 4 is 17.5 Å². The average molecular weight is 227 g/mol. The van der Waals surface area contributed by atoms with Crippen molar-refractivity contribution in [2.24, 2.45) is 0 Å². The van der Waals surface area contributed by atoms with Gasteiger partial charge in [0.2, 0.25) is 5.91 Å². The third kappa shape index (κ3) is 4.32. The average Bonchev–Trinajstić information content (AvgIpc) is 2.20. The second kappa shape index (κ2) is 5.73. The fourth-order valence-corrected chi connectivity index (χ4v) is 1.20. The van der Waals surface area contributed by atoms with Gasteiger partial charge in [0.15, 0.2) is 0 Å². The number of amides is 1. The first-order chi connectivity index (χ1) is 7.09. The van der Waals surface area contributed by atoms with Gasteiger partial charge in [0, 0.05) is 25.7 Å². The number of rotatable bonds is 4. The van der Waals surface area contributed by atoms with Crippen molar-refractivity contribution in [3.8, 4) is 0 Å². The van der Waals surface area contributed by atoms with E-state index >= 15 is 0 Å². The van der Waals surface area contributed by atoms with Gasteiger partial charge in [0.1, 0.15) is 0 Å². The van der Waals surface area contributed by atoms with E-state index in [-0.39, 0.29) is 5.91 Å². The first-order valence-electron chi connectivity index (χ1n) is 4.75. The summed E-state index contributed by atoms with van der Waals surface area (Å²) in [5.74, 6) is 0.0731. The van der Waals surface area contributed by atoms with E-state index in [9.17, 15) is 4.79 Å². The molecule has 1 rings (SSSR count). The molecule has 0 bridgehead atoms. The molecule has 3 nitrogen and oxygen atoms in total. The number of likely N-dealkylation sites (N-methyl/N-ethyl adjacent to an activating group) is 1. The Hall–Kier alpha value is -1.06. The molecule has 4 heteroatoms. The molecule has 0 aliphatic carbocycles. The molecule has 0 aromatic heterocycles. The number of hydrogen-bond donors (Lipinski definition) is 1. The maximum atomic E-state index is 11.2. The molecule has 1 aromatic carbocycles. The van der Waals surface area contributed by atoms with Gasteiger partial charge in [-0.3, -0.25) is 4.79 Å². The molecule has 0 saturated heterocycles. The fraction of sp³-hybridized carbons (Fsp3) is 0.364. The lowest BCUT2D eigenvalue weighted by atomic mass is 10.2. The minimum atomic E-state index is 0.0731. The molecule has 0 radical (unpaired) electrons. The predicted molar refractivity (Wildman–Crippen MR) is 61.9 cm³/mol. The fourth-order valence-electron chi connectivity index (χ4n) is 1.07. The SMILES string of the molecule is CN(C)C(=O)CNCc1ccc(Cl)cc1. The van der Waals surface area contributed by atoms with Crippen LogP contribution in [0.3, 0.4) is 0 Å². The van der Waals surface area contributed by atoms with Crippen LogP contribution in [0, 0.1) is 0 Å². The largest absolute Gasteiger partial charge is 0.348 e. The normalized spacial score (nSPS) is 10.1. The van der Waals surface area contributed by atoms with Gasteiger partial charge in [-0.25, -0.2) is 0 Å². The van der Waals surface area contributed by atoms with Crippen molar-refractivity contribution in [1.82, 2.24) is 10.2 Å². The van der Waals surface area contributed by atoms with Gasteiger partial charge < -0.3 is 10.2 Å². The minimum absolute atomic E-state index is 0.0731. The summed E-state index contributed by atoms with van der Waals surface area (Å²) in [6.07, 6.45) is 0. The molecule has 15 heavy (non-hydrogen) atoms. The molecule has 0 fully saturated rings. The molecule has 82 valence electrons. The van der Waals surface area contributed by atoms with Gasteiger partial charge in [-0.2, -0.15) is 0 Å². The van der Waals surface area contributed by atoms with Crippen LogP contribution in [0.4, 0.5) is 0 Å². The van der Waals surface area contributed by atoms with E-state index in [1.807, 2.05) is 24.3 Å². The summed E-state index contributed by atoms with van der Waals surface area (Å²) in [5, 5.41) is 3.79. The summed E-state index contributed by atoms with van der Waals surface area (Å²) in [5.41, 5.74) is 1.12. The Morgan fingerprint density at radius 3 is 2.47 bits per heavy atom. The summed E-state index contributed by atoms with van der Waals surface area (Å²) in [6.45, 7) is 1.03. The van der Waals surface area contributed by atoms with E-state index in [2.05, 4.69) is 5.32 Å². The van der Waals surface area contributed by atoms with E-state index in [4.69, 9.17) is 11.6 Å². The first kappa shape index (κ1) is 12.0. The van der Waals surface area contributed by atoms with Crippen molar-refractivity contribution in [2.75, 3.05) is 20.6 Å². The monoisotopic (exact) mass is 226 g/mol. The third-order valence-corrected chi connectivity index (χ3v) is 2.27. The van der Waals surface area contributed by atoms with Crippen LogP contribution < -0.4 is 5.32 Å². The smallest absolute Gasteiger partial charge is 0.236 e. The summed E-state index contributed by atoms with van der Waals surface area (Å²) >= 11 is 5.76. The molecule has 0 unspecified atom stereocenters. The maximum absolute atomic E-state index is 11.2. The van der Waals surface area contributed by atoms with Crippen LogP contribution in [0.2, 0.25) is 5.02 Å². The van der Waals surface area contributed by atoms with Crippen LogP contribution in [0.15, 0.2) is 24.3 Å². The quantitative estimate of drug-likeness (QED) is 0.845. The van der Waals surface area contributed by atoms with E-state index in [0.29, 0.717) is 13.1 Å². The molecule has 0 aliphatic rings.